The second-order valence-electron chi connectivity index (χ2n) is 12.1. The lowest BCUT2D eigenvalue weighted by molar-refractivity contribution is -0.384. The Labute approximate surface area is 258 Å². The van der Waals surface area contributed by atoms with Crippen molar-refractivity contribution in [1.29, 1.82) is 0 Å². The van der Waals surface area contributed by atoms with Crippen molar-refractivity contribution in [3.63, 3.8) is 0 Å². The molecule has 0 spiro atoms. The number of carbonyl (C=O) groups is 3. The van der Waals surface area contributed by atoms with E-state index in [-0.39, 0.29) is 37.0 Å². The Balaban J connectivity index is 2.58. The van der Waals surface area contributed by atoms with Crippen LogP contribution >= 0.6 is 0 Å². The maximum Gasteiger partial charge on any atom is 0.306 e. The van der Waals surface area contributed by atoms with Crippen molar-refractivity contribution >= 4 is 17.9 Å². The minimum atomic E-state index is -2.37. The van der Waals surface area contributed by atoms with Gasteiger partial charge in [-0.2, -0.15) is 0 Å². The van der Waals surface area contributed by atoms with Crippen LogP contribution in [-0.4, -0.2) is 118 Å². The molecule has 12 atom stereocenters. The normalized spacial score (nSPS) is 34.2. The molecule has 0 radical (unpaired) electrons. The van der Waals surface area contributed by atoms with Gasteiger partial charge in [-0.1, -0.05) is 60.8 Å². The van der Waals surface area contributed by atoms with Crippen molar-refractivity contribution in [3.8, 4) is 0 Å². The first-order chi connectivity index (χ1) is 20.8. The van der Waals surface area contributed by atoms with Gasteiger partial charge in [0.25, 0.3) is 0 Å². The lowest BCUT2D eigenvalue weighted by Crippen LogP contribution is -2.65. The van der Waals surface area contributed by atoms with Gasteiger partial charge in [-0.05, 0) is 17.8 Å². The second-order valence-corrected chi connectivity index (χ2v) is 12.1. The number of aliphatic hydroxyl groups is 5. The Kier molecular flexibility index (Phi) is 15.4. The molecule has 2 heterocycles. The molecule has 2 saturated heterocycles. The lowest BCUT2D eigenvalue weighted by Gasteiger charge is -2.46. The molecular formula is C30H52O14. The quantitative estimate of drug-likeness (QED) is 0.109. The summed E-state index contributed by atoms with van der Waals surface area (Å²) in [5.74, 6) is -4.65. The Morgan fingerprint density at radius 1 is 0.705 bits per heavy atom. The van der Waals surface area contributed by atoms with Gasteiger partial charge in [0.2, 0.25) is 12.1 Å². The van der Waals surface area contributed by atoms with E-state index in [0.717, 1.165) is 0 Å². The number of hydrogen-bond acceptors (Lipinski definition) is 14. The third-order valence-corrected chi connectivity index (χ3v) is 8.43. The molecule has 2 aliphatic rings. The molecule has 5 N–H and O–H groups in total. The van der Waals surface area contributed by atoms with E-state index >= 15 is 0 Å². The van der Waals surface area contributed by atoms with Crippen LogP contribution in [0, 0.1) is 17.8 Å². The zero-order valence-electron chi connectivity index (χ0n) is 26.6. The van der Waals surface area contributed by atoms with Crippen LogP contribution in [0.2, 0.25) is 0 Å². The van der Waals surface area contributed by atoms with Gasteiger partial charge in [-0.15, -0.1) is 0 Å². The maximum absolute atomic E-state index is 13.1. The summed E-state index contributed by atoms with van der Waals surface area (Å²) in [4.78, 5) is 39.2. The van der Waals surface area contributed by atoms with Crippen LogP contribution in [0.4, 0.5) is 0 Å². The van der Waals surface area contributed by atoms with Crippen LogP contribution in [0.25, 0.3) is 0 Å². The molecule has 14 nitrogen and oxygen atoms in total. The van der Waals surface area contributed by atoms with Gasteiger partial charge in [0.1, 0.15) is 31.0 Å². The molecule has 2 fully saturated rings. The van der Waals surface area contributed by atoms with Crippen LogP contribution in [0.1, 0.15) is 80.1 Å². The molecule has 0 bridgehead atoms. The van der Waals surface area contributed by atoms with Crippen LogP contribution in [0.3, 0.4) is 0 Å². The van der Waals surface area contributed by atoms with Gasteiger partial charge < -0.3 is 54.0 Å². The van der Waals surface area contributed by atoms with Crippen molar-refractivity contribution < 1.29 is 68.3 Å². The summed E-state index contributed by atoms with van der Waals surface area (Å²) < 4.78 is 34.6. The first kappa shape index (κ1) is 38.3. The lowest BCUT2D eigenvalue weighted by atomic mass is 9.96. The summed E-state index contributed by atoms with van der Waals surface area (Å²) in [6.07, 6.45) is -10.7. The first-order valence-electron chi connectivity index (χ1n) is 15.6. The highest BCUT2D eigenvalue weighted by Gasteiger charge is 2.60. The smallest absolute Gasteiger partial charge is 0.306 e. The summed E-state index contributed by atoms with van der Waals surface area (Å²) in [5.41, 5.74) is 0. The average Bonchev–Trinajstić information content (AvgIpc) is 3.24. The maximum atomic E-state index is 13.1. The van der Waals surface area contributed by atoms with E-state index < -0.39 is 92.5 Å². The fraction of sp³-hybridized carbons (Fsp3) is 0.900. The minimum Gasteiger partial charge on any atom is -0.455 e. The highest BCUT2D eigenvalue weighted by atomic mass is 16.8. The van der Waals surface area contributed by atoms with Crippen molar-refractivity contribution in [1.82, 2.24) is 0 Å². The van der Waals surface area contributed by atoms with E-state index in [0.29, 0.717) is 19.3 Å². The summed E-state index contributed by atoms with van der Waals surface area (Å²) >= 11 is 0. The predicted molar refractivity (Wildman–Crippen MR) is 152 cm³/mol. The molecule has 0 aromatic carbocycles. The van der Waals surface area contributed by atoms with Crippen LogP contribution in [-0.2, 0) is 42.8 Å². The molecule has 3 unspecified atom stereocenters. The minimum absolute atomic E-state index is 0.0168. The number of rotatable bonds is 17. The Morgan fingerprint density at radius 3 is 1.52 bits per heavy atom. The van der Waals surface area contributed by atoms with Crippen molar-refractivity contribution in [2.24, 2.45) is 17.8 Å². The summed E-state index contributed by atoms with van der Waals surface area (Å²) in [7, 11) is 0. The molecule has 44 heavy (non-hydrogen) atoms. The molecule has 0 aromatic heterocycles. The topological polar surface area (TPSA) is 208 Å². The van der Waals surface area contributed by atoms with E-state index in [9.17, 15) is 39.9 Å². The van der Waals surface area contributed by atoms with Gasteiger partial charge in [-0.25, -0.2) is 0 Å². The fourth-order valence-corrected chi connectivity index (χ4v) is 4.87. The molecule has 256 valence electrons. The summed E-state index contributed by atoms with van der Waals surface area (Å²) in [6.45, 7) is 8.68. The van der Waals surface area contributed by atoms with Gasteiger partial charge >= 0.3 is 17.9 Å². The highest BCUT2D eigenvalue weighted by molar-refractivity contribution is 5.72. The van der Waals surface area contributed by atoms with E-state index in [1.165, 1.54) is 0 Å². The van der Waals surface area contributed by atoms with E-state index in [1.54, 1.807) is 0 Å². The molecule has 0 aromatic rings. The van der Waals surface area contributed by atoms with Crippen molar-refractivity contribution in [2.45, 2.75) is 135 Å². The predicted octanol–water partition coefficient (Wildman–Crippen LogP) is 0.566. The fourth-order valence-electron chi connectivity index (χ4n) is 4.87. The standard InChI is InChI=1S/C30H52O14/c1-7-16(4)10-21(34)40-25-20(14-32)39-29(44-30(15-33)28(38)24(37)19(13-31)43-30)27(42-23(36)12-18(6)9-3)26(25)41-22(35)11-17(5)8-2/h16-20,24-29,31-33,37-38H,7-15H2,1-6H3/t16?,17?,18?,19-,20-,24-,25-,26+,27-,28+,29-,30+/m1/s1. The van der Waals surface area contributed by atoms with Crippen LogP contribution in [0.5, 0.6) is 0 Å². The van der Waals surface area contributed by atoms with E-state index in [2.05, 4.69) is 0 Å². The first-order valence-corrected chi connectivity index (χ1v) is 15.6. The zero-order valence-corrected chi connectivity index (χ0v) is 26.6. The number of carbonyl (C=O) groups excluding carboxylic acids is 3. The zero-order chi connectivity index (χ0) is 33.2. The molecule has 0 aliphatic carbocycles. The number of hydrogen-bond donors (Lipinski definition) is 5. The largest absolute Gasteiger partial charge is 0.455 e. The van der Waals surface area contributed by atoms with Gasteiger partial charge in [0.05, 0.1) is 13.2 Å². The van der Waals surface area contributed by atoms with Crippen molar-refractivity contribution in [2.75, 3.05) is 19.8 Å². The summed E-state index contributed by atoms with van der Waals surface area (Å²) in [6, 6.07) is 0. The van der Waals surface area contributed by atoms with Crippen LogP contribution in [0.15, 0.2) is 0 Å². The van der Waals surface area contributed by atoms with Gasteiger partial charge in [0.15, 0.2) is 18.3 Å². The third kappa shape index (κ3) is 9.79. The Morgan fingerprint density at radius 2 is 1.14 bits per heavy atom. The Bertz CT molecular complexity index is 916. The van der Waals surface area contributed by atoms with Crippen LogP contribution < -0.4 is 0 Å². The SMILES string of the molecule is CCC(C)CC(=O)O[C@@H]1[C@@H](OC(=O)CC(C)CC)[C@@H](O[C@]2(CO)O[C@H](CO)[C@@H](O)[C@@H]2O)O[C@H](CO)[C@H]1OC(=O)CC(C)CC. The van der Waals surface area contributed by atoms with Crippen molar-refractivity contribution in [3.05, 3.63) is 0 Å². The molecular weight excluding hydrogens is 584 g/mol. The monoisotopic (exact) mass is 636 g/mol. The van der Waals surface area contributed by atoms with E-state index in [1.807, 2.05) is 41.5 Å². The molecule has 0 amide bonds. The second kappa shape index (κ2) is 17.7. The van der Waals surface area contributed by atoms with Gasteiger partial charge in [0, 0.05) is 19.3 Å². The van der Waals surface area contributed by atoms with E-state index in [4.69, 9.17) is 28.4 Å². The van der Waals surface area contributed by atoms with Gasteiger partial charge in [-0.3, -0.25) is 14.4 Å². The molecule has 2 rings (SSSR count). The molecule has 14 heteroatoms. The number of esters is 3. The third-order valence-electron chi connectivity index (χ3n) is 8.43. The average molecular weight is 637 g/mol. The molecule has 2 aliphatic heterocycles. The Hall–Kier alpha value is -1.91. The molecule has 0 saturated carbocycles. The number of aliphatic hydroxyl groups excluding tert-OH is 5. The number of ether oxygens (including phenoxy) is 6. The highest BCUT2D eigenvalue weighted by Crippen LogP contribution is 2.38. The summed E-state index contributed by atoms with van der Waals surface area (Å²) in [5, 5.41) is 51.3.